The van der Waals surface area contributed by atoms with Gasteiger partial charge in [-0.25, -0.2) is 4.98 Å². The number of nitrogens with one attached hydrogen (secondary N) is 2. The molecule has 1 saturated heterocycles. The van der Waals surface area contributed by atoms with Gasteiger partial charge in [-0.15, -0.1) is 0 Å². The van der Waals surface area contributed by atoms with Crippen molar-refractivity contribution in [1.82, 2.24) is 29.6 Å². The van der Waals surface area contributed by atoms with Gasteiger partial charge in [-0.2, -0.15) is 10.1 Å². The number of rotatable bonds is 7. The molecule has 0 aliphatic carbocycles. The highest BCUT2D eigenvalue weighted by molar-refractivity contribution is 5.90. The van der Waals surface area contributed by atoms with E-state index in [4.69, 9.17) is 19.8 Å². The highest BCUT2D eigenvalue weighted by Crippen LogP contribution is 2.28. The third kappa shape index (κ3) is 4.54. The van der Waals surface area contributed by atoms with Crippen LogP contribution in [0.25, 0.3) is 11.0 Å². The van der Waals surface area contributed by atoms with E-state index in [9.17, 15) is 4.79 Å². The van der Waals surface area contributed by atoms with E-state index in [-0.39, 0.29) is 5.56 Å². The van der Waals surface area contributed by atoms with Crippen LogP contribution in [0.2, 0.25) is 0 Å². The number of aryl methyl sites for hydroxylation is 2. The number of piperazine rings is 1. The standard InChI is InChI=1S/C21H30N8O2/c1-5-31-11-10-29-19-18(15(3)26-29)24-21(28-9-8-22-14(2)12-28)25-20(19)23-16-6-7-17(30)27(4)13-16/h6-7,13-14,22H,5,8-12H2,1-4H3,(H,23,24,25)/t14-/m1/s1. The van der Waals surface area contributed by atoms with Gasteiger partial charge in [0.25, 0.3) is 0 Å². The number of nitrogens with zero attached hydrogens (tertiary/aromatic N) is 6. The molecule has 166 valence electrons. The smallest absolute Gasteiger partial charge is 0.250 e. The fourth-order valence-corrected chi connectivity index (χ4v) is 3.82. The molecule has 31 heavy (non-hydrogen) atoms. The summed E-state index contributed by atoms with van der Waals surface area (Å²) in [5.74, 6) is 1.35. The van der Waals surface area contributed by atoms with E-state index >= 15 is 0 Å². The second kappa shape index (κ2) is 9.03. The summed E-state index contributed by atoms with van der Waals surface area (Å²) < 4.78 is 8.97. The zero-order valence-electron chi connectivity index (χ0n) is 18.6. The molecule has 4 rings (SSSR count). The van der Waals surface area contributed by atoms with Crippen molar-refractivity contribution >= 4 is 28.5 Å². The summed E-state index contributed by atoms with van der Waals surface area (Å²) in [5, 5.41) is 11.6. The molecule has 1 fully saturated rings. The van der Waals surface area contributed by atoms with Crippen molar-refractivity contribution in [2.45, 2.75) is 33.4 Å². The third-order valence-electron chi connectivity index (χ3n) is 5.40. The monoisotopic (exact) mass is 426 g/mol. The largest absolute Gasteiger partial charge is 0.380 e. The number of hydrogen-bond donors (Lipinski definition) is 2. The molecule has 0 bridgehead atoms. The fraction of sp³-hybridized carbons (Fsp3) is 0.524. The van der Waals surface area contributed by atoms with Crippen molar-refractivity contribution in [3.63, 3.8) is 0 Å². The summed E-state index contributed by atoms with van der Waals surface area (Å²) in [6.45, 7) is 10.5. The van der Waals surface area contributed by atoms with Crippen LogP contribution < -0.4 is 21.1 Å². The number of hydrogen-bond acceptors (Lipinski definition) is 8. The van der Waals surface area contributed by atoms with Crippen molar-refractivity contribution in [2.75, 3.05) is 43.1 Å². The SMILES string of the molecule is CCOCCn1nc(C)c2nc(N3CCN[C@H](C)C3)nc(Nc3ccc(=O)n(C)c3)c21. The van der Waals surface area contributed by atoms with Crippen LogP contribution in [0.15, 0.2) is 23.1 Å². The molecule has 0 spiro atoms. The molecule has 3 aromatic heterocycles. The Hall–Kier alpha value is -2.98. The van der Waals surface area contributed by atoms with Gasteiger partial charge in [0, 0.05) is 51.6 Å². The fourth-order valence-electron chi connectivity index (χ4n) is 3.82. The van der Waals surface area contributed by atoms with Gasteiger partial charge < -0.3 is 24.8 Å². The van der Waals surface area contributed by atoms with Crippen LogP contribution in [-0.2, 0) is 18.3 Å². The molecule has 10 nitrogen and oxygen atoms in total. The molecule has 0 saturated carbocycles. The first-order valence-electron chi connectivity index (χ1n) is 10.7. The van der Waals surface area contributed by atoms with Gasteiger partial charge in [-0.1, -0.05) is 0 Å². The maximum atomic E-state index is 11.8. The Morgan fingerprint density at radius 3 is 2.90 bits per heavy atom. The molecular formula is C21H30N8O2. The molecule has 1 atom stereocenters. The molecule has 1 aliphatic rings. The maximum Gasteiger partial charge on any atom is 0.250 e. The Morgan fingerprint density at radius 1 is 1.32 bits per heavy atom. The van der Waals surface area contributed by atoms with Crippen LogP contribution in [0.5, 0.6) is 0 Å². The lowest BCUT2D eigenvalue weighted by Gasteiger charge is -2.32. The summed E-state index contributed by atoms with van der Waals surface area (Å²) in [4.78, 5) is 23.8. The summed E-state index contributed by atoms with van der Waals surface area (Å²) in [5.41, 5.74) is 3.21. The number of ether oxygens (including phenoxy) is 1. The lowest BCUT2D eigenvalue weighted by molar-refractivity contribution is 0.137. The maximum absolute atomic E-state index is 11.8. The molecule has 3 aromatic rings. The number of anilines is 3. The minimum atomic E-state index is -0.0634. The second-order valence-electron chi connectivity index (χ2n) is 7.87. The van der Waals surface area contributed by atoms with Crippen molar-refractivity contribution in [2.24, 2.45) is 7.05 Å². The van der Waals surface area contributed by atoms with Crippen LogP contribution >= 0.6 is 0 Å². The van der Waals surface area contributed by atoms with Gasteiger partial charge in [0.15, 0.2) is 5.82 Å². The van der Waals surface area contributed by atoms with Crippen molar-refractivity contribution in [3.05, 3.63) is 34.4 Å². The highest BCUT2D eigenvalue weighted by atomic mass is 16.5. The molecule has 10 heteroatoms. The molecule has 0 radical (unpaired) electrons. The minimum absolute atomic E-state index is 0.0634. The number of aromatic nitrogens is 5. The first kappa shape index (κ1) is 21.3. The third-order valence-corrected chi connectivity index (χ3v) is 5.40. The van der Waals surface area contributed by atoms with Crippen molar-refractivity contribution in [1.29, 1.82) is 0 Å². The van der Waals surface area contributed by atoms with Gasteiger partial charge in [-0.3, -0.25) is 9.48 Å². The lowest BCUT2D eigenvalue weighted by atomic mass is 10.2. The number of pyridine rings is 1. The van der Waals surface area contributed by atoms with Gasteiger partial charge in [0.1, 0.15) is 11.0 Å². The average Bonchev–Trinajstić information content (AvgIpc) is 3.07. The van der Waals surface area contributed by atoms with Crippen LogP contribution in [0.4, 0.5) is 17.5 Å². The predicted molar refractivity (Wildman–Crippen MR) is 121 cm³/mol. The lowest BCUT2D eigenvalue weighted by Crippen LogP contribution is -2.49. The molecule has 1 aliphatic heterocycles. The molecule has 4 heterocycles. The Labute approximate surface area is 181 Å². The highest BCUT2D eigenvalue weighted by Gasteiger charge is 2.23. The zero-order chi connectivity index (χ0) is 22.0. The Morgan fingerprint density at radius 2 is 2.16 bits per heavy atom. The Balaban J connectivity index is 1.79. The van der Waals surface area contributed by atoms with Crippen LogP contribution in [0, 0.1) is 6.92 Å². The van der Waals surface area contributed by atoms with Gasteiger partial charge in [0.2, 0.25) is 11.5 Å². The molecule has 0 unspecified atom stereocenters. The normalized spacial score (nSPS) is 16.8. The first-order chi connectivity index (χ1) is 15.0. The summed E-state index contributed by atoms with van der Waals surface area (Å²) >= 11 is 0. The van der Waals surface area contributed by atoms with E-state index in [1.807, 2.05) is 18.5 Å². The molecule has 0 amide bonds. The van der Waals surface area contributed by atoms with Gasteiger partial charge in [-0.05, 0) is 26.8 Å². The van der Waals surface area contributed by atoms with Crippen LogP contribution in [-0.4, -0.2) is 63.2 Å². The van der Waals surface area contributed by atoms with Gasteiger partial charge in [0.05, 0.1) is 24.5 Å². The van der Waals surface area contributed by atoms with Crippen molar-refractivity contribution < 1.29 is 4.74 Å². The van der Waals surface area contributed by atoms with Crippen LogP contribution in [0.3, 0.4) is 0 Å². The summed E-state index contributed by atoms with van der Waals surface area (Å²) in [7, 11) is 1.73. The Bertz CT molecular complexity index is 1120. The zero-order valence-corrected chi connectivity index (χ0v) is 18.6. The predicted octanol–water partition coefficient (Wildman–Crippen LogP) is 1.41. The number of fused-ring (bicyclic) bond motifs is 1. The average molecular weight is 427 g/mol. The molecule has 2 N–H and O–H groups in total. The van der Waals surface area contributed by atoms with Crippen LogP contribution in [0.1, 0.15) is 19.5 Å². The summed E-state index contributed by atoms with van der Waals surface area (Å²) in [6.07, 6.45) is 1.76. The molecular weight excluding hydrogens is 396 g/mol. The second-order valence-corrected chi connectivity index (χ2v) is 7.87. The van der Waals surface area contributed by atoms with E-state index in [1.165, 1.54) is 10.6 Å². The topological polar surface area (TPSA) is 102 Å². The van der Waals surface area contributed by atoms with E-state index in [0.717, 1.165) is 42.0 Å². The van der Waals surface area contributed by atoms with Crippen molar-refractivity contribution in [3.8, 4) is 0 Å². The van der Waals surface area contributed by atoms with Gasteiger partial charge >= 0.3 is 0 Å². The van der Waals surface area contributed by atoms with E-state index < -0.39 is 0 Å². The van der Waals surface area contributed by atoms with E-state index in [0.29, 0.717) is 37.6 Å². The Kier molecular flexibility index (Phi) is 6.19. The minimum Gasteiger partial charge on any atom is -0.380 e. The van der Waals surface area contributed by atoms with E-state index in [2.05, 4.69) is 22.5 Å². The molecule has 0 aromatic carbocycles. The summed E-state index contributed by atoms with van der Waals surface area (Å²) in [6, 6.07) is 3.66. The quantitative estimate of drug-likeness (QED) is 0.547. The van der Waals surface area contributed by atoms with E-state index in [1.54, 1.807) is 19.3 Å². The first-order valence-corrected chi connectivity index (χ1v) is 10.7.